The van der Waals surface area contributed by atoms with E-state index in [0.29, 0.717) is 0 Å². The number of allylic oxidation sites excluding steroid dienone is 1. The Bertz CT molecular complexity index is 341. The molecule has 0 atom stereocenters. The molecule has 0 radical (unpaired) electrons. The highest BCUT2D eigenvalue weighted by molar-refractivity contribution is 5.88. The van der Waals surface area contributed by atoms with Crippen molar-refractivity contribution in [3.8, 4) is 0 Å². The summed E-state index contributed by atoms with van der Waals surface area (Å²) in [7, 11) is 0. The number of carbonyl (C=O) groups is 1. The number of hydrogen-bond acceptors (Lipinski definition) is 1. The number of hydrogen-bond donors (Lipinski definition) is 1. The first-order valence-electron chi connectivity index (χ1n) is 3.84. The second kappa shape index (κ2) is 4.69. The first-order chi connectivity index (χ1) is 7.66. The van der Waals surface area contributed by atoms with Crippen molar-refractivity contribution in [2.75, 3.05) is 0 Å². The summed E-state index contributed by atoms with van der Waals surface area (Å²) in [4.78, 5) is 10.2. The Labute approximate surface area is 92.7 Å². The Hall–Kier alpha value is -1.42. The van der Waals surface area contributed by atoms with Gasteiger partial charge in [-0.25, -0.2) is 4.79 Å². The van der Waals surface area contributed by atoms with Crippen molar-refractivity contribution in [1.82, 2.24) is 0 Å². The third-order valence-corrected chi connectivity index (χ3v) is 1.50. The molecule has 0 aliphatic carbocycles. The highest BCUT2D eigenvalue weighted by Gasteiger charge is 2.55. The van der Waals surface area contributed by atoms with E-state index >= 15 is 0 Å². The average molecular weight is 290 g/mol. The second-order valence-electron chi connectivity index (χ2n) is 2.95. The topological polar surface area (TPSA) is 37.3 Å². The normalized spacial score (nSPS) is 13.4. The third-order valence-electron chi connectivity index (χ3n) is 1.50. The van der Waals surface area contributed by atoms with Crippen LogP contribution in [0, 0.1) is 0 Å². The van der Waals surface area contributed by atoms with E-state index in [0.717, 1.165) is 0 Å². The summed E-state index contributed by atoms with van der Waals surface area (Å²) < 4.78 is 107. The van der Waals surface area contributed by atoms with Gasteiger partial charge in [0.1, 0.15) is 5.57 Å². The fourth-order valence-electron chi connectivity index (χ4n) is 0.974. The molecule has 0 bridgehead atoms. The highest BCUT2D eigenvalue weighted by atomic mass is 19.4. The molecule has 1 N–H and O–H groups in total. The summed E-state index contributed by atoms with van der Waals surface area (Å²) >= 11 is 0. The molecule has 0 aromatic heterocycles. The average Bonchev–Trinajstić information content (AvgIpc) is 1.93. The third kappa shape index (κ3) is 4.84. The van der Waals surface area contributed by atoms with Gasteiger partial charge in [-0.3, -0.25) is 0 Å². The lowest BCUT2D eigenvalue weighted by atomic mass is 10.0. The Morgan fingerprint density at radius 1 is 0.833 bits per heavy atom. The minimum absolute atomic E-state index is 2.79. The standard InChI is InChI=1S/C7H3F9O2/c8-5(9,10)1-2(4(17)18)3(6(11,12)13)7(14,15)16/h1H2,(H,17,18). The molecular formula is C7H3F9O2. The number of alkyl halides is 9. The molecule has 0 amide bonds. The van der Waals surface area contributed by atoms with Crippen LogP contribution in [0.25, 0.3) is 0 Å². The van der Waals surface area contributed by atoms with Crippen LogP contribution in [0.3, 0.4) is 0 Å². The molecule has 0 aliphatic rings. The second-order valence-corrected chi connectivity index (χ2v) is 2.95. The van der Waals surface area contributed by atoms with Crippen LogP contribution in [0.2, 0.25) is 0 Å². The van der Waals surface area contributed by atoms with E-state index in [2.05, 4.69) is 0 Å². The van der Waals surface area contributed by atoms with Crippen molar-refractivity contribution in [1.29, 1.82) is 0 Å². The van der Waals surface area contributed by atoms with Crippen molar-refractivity contribution in [2.24, 2.45) is 0 Å². The monoisotopic (exact) mass is 290 g/mol. The zero-order valence-corrected chi connectivity index (χ0v) is 7.96. The van der Waals surface area contributed by atoms with Crippen molar-refractivity contribution < 1.29 is 49.4 Å². The minimum atomic E-state index is -6.25. The van der Waals surface area contributed by atoms with Gasteiger partial charge < -0.3 is 5.11 Å². The maximum Gasteiger partial charge on any atom is 0.421 e. The molecule has 0 aliphatic heterocycles. The summed E-state index contributed by atoms with van der Waals surface area (Å²) in [5.74, 6) is -2.93. The summed E-state index contributed by atoms with van der Waals surface area (Å²) in [5, 5.41) is 8.08. The van der Waals surface area contributed by atoms with Crippen molar-refractivity contribution >= 4 is 5.97 Å². The Morgan fingerprint density at radius 2 is 1.17 bits per heavy atom. The lowest BCUT2D eigenvalue weighted by Gasteiger charge is -2.18. The van der Waals surface area contributed by atoms with Gasteiger partial charge in [0.15, 0.2) is 0 Å². The van der Waals surface area contributed by atoms with E-state index in [1.807, 2.05) is 0 Å². The molecule has 0 aromatic carbocycles. The molecule has 0 fully saturated rings. The summed E-state index contributed by atoms with van der Waals surface area (Å²) in [6.45, 7) is 0. The summed E-state index contributed by atoms with van der Waals surface area (Å²) in [5.41, 5.74) is -6.46. The SMILES string of the molecule is O=C(O)C(CC(F)(F)F)=C(C(F)(F)F)C(F)(F)F. The fourth-order valence-corrected chi connectivity index (χ4v) is 0.974. The van der Waals surface area contributed by atoms with Crippen LogP contribution in [0.1, 0.15) is 6.42 Å². The maximum absolute atomic E-state index is 12.0. The summed E-state index contributed by atoms with van der Waals surface area (Å²) in [6.07, 6.45) is -20.9. The van der Waals surface area contributed by atoms with Gasteiger partial charge in [-0.05, 0) is 0 Å². The predicted octanol–water partition coefficient (Wildman–Crippen LogP) is 3.44. The molecule has 18 heavy (non-hydrogen) atoms. The van der Waals surface area contributed by atoms with E-state index in [9.17, 15) is 44.3 Å². The first kappa shape index (κ1) is 16.6. The molecule has 0 rings (SSSR count). The molecular weight excluding hydrogens is 287 g/mol. The van der Waals surface area contributed by atoms with Gasteiger partial charge in [0.05, 0.1) is 12.0 Å². The zero-order chi connectivity index (χ0) is 14.9. The van der Waals surface area contributed by atoms with Gasteiger partial charge in [0, 0.05) is 0 Å². The number of carboxylic acids is 1. The predicted molar refractivity (Wildman–Crippen MR) is 37.4 cm³/mol. The fraction of sp³-hybridized carbons (Fsp3) is 0.571. The molecule has 0 unspecified atom stereocenters. The number of rotatable bonds is 2. The lowest BCUT2D eigenvalue weighted by molar-refractivity contribution is -0.178. The van der Waals surface area contributed by atoms with E-state index in [1.54, 1.807) is 0 Å². The molecule has 0 aromatic rings. The van der Waals surface area contributed by atoms with E-state index < -0.39 is 42.1 Å². The van der Waals surface area contributed by atoms with Crippen molar-refractivity contribution in [3.63, 3.8) is 0 Å². The molecule has 106 valence electrons. The highest BCUT2D eigenvalue weighted by Crippen LogP contribution is 2.43. The number of carboxylic acid groups (broad SMARTS) is 1. The quantitative estimate of drug-likeness (QED) is 0.624. The van der Waals surface area contributed by atoms with Crippen molar-refractivity contribution in [2.45, 2.75) is 24.9 Å². The molecule has 0 saturated carbocycles. The molecule has 0 spiro atoms. The molecule has 2 nitrogen and oxygen atoms in total. The Morgan fingerprint density at radius 3 is 1.33 bits per heavy atom. The van der Waals surface area contributed by atoms with E-state index in [4.69, 9.17) is 5.11 Å². The van der Waals surface area contributed by atoms with E-state index in [-0.39, 0.29) is 0 Å². The number of aliphatic carboxylic acids is 1. The molecule has 11 heteroatoms. The first-order valence-corrected chi connectivity index (χ1v) is 3.84. The van der Waals surface area contributed by atoms with Gasteiger partial charge in [-0.15, -0.1) is 0 Å². The number of halogens is 9. The molecule has 0 saturated heterocycles. The Kier molecular flexibility index (Phi) is 4.32. The maximum atomic E-state index is 12.0. The molecule has 0 heterocycles. The van der Waals surface area contributed by atoms with Gasteiger partial charge >= 0.3 is 24.5 Å². The van der Waals surface area contributed by atoms with Crippen LogP contribution in [-0.4, -0.2) is 29.6 Å². The van der Waals surface area contributed by atoms with Gasteiger partial charge in [-0.2, -0.15) is 39.5 Å². The van der Waals surface area contributed by atoms with Crippen LogP contribution in [0.5, 0.6) is 0 Å². The van der Waals surface area contributed by atoms with E-state index in [1.165, 1.54) is 0 Å². The zero-order valence-electron chi connectivity index (χ0n) is 7.96. The van der Waals surface area contributed by atoms with Crippen LogP contribution in [0.15, 0.2) is 11.1 Å². The van der Waals surface area contributed by atoms with Gasteiger partial charge in [-0.1, -0.05) is 0 Å². The minimum Gasteiger partial charge on any atom is -0.478 e. The smallest absolute Gasteiger partial charge is 0.421 e. The van der Waals surface area contributed by atoms with Crippen LogP contribution < -0.4 is 0 Å². The van der Waals surface area contributed by atoms with Gasteiger partial charge in [0.2, 0.25) is 0 Å². The van der Waals surface area contributed by atoms with Gasteiger partial charge in [0.25, 0.3) is 0 Å². The Balaban J connectivity index is 5.99. The lowest BCUT2D eigenvalue weighted by Crippen LogP contribution is -2.31. The van der Waals surface area contributed by atoms with Crippen LogP contribution in [-0.2, 0) is 4.79 Å². The van der Waals surface area contributed by atoms with Crippen molar-refractivity contribution in [3.05, 3.63) is 11.1 Å². The van der Waals surface area contributed by atoms with Crippen LogP contribution in [0.4, 0.5) is 39.5 Å². The van der Waals surface area contributed by atoms with Crippen LogP contribution >= 0.6 is 0 Å². The largest absolute Gasteiger partial charge is 0.478 e. The summed E-state index contributed by atoms with van der Waals surface area (Å²) in [6, 6.07) is 0.